The maximum absolute atomic E-state index is 13.3. The van der Waals surface area contributed by atoms with Crippen LogP contribution in [0, 0.1) is 5.82 Å². The van der Waals surface area contributed by atoms with E-state index in [1.165, 1.54) is 6.07 Å². The van der Waals surface area contributed by atoms with E-state index in [9.17, 15) is 4.39 Å². The lowest BCUT2D eigenvalue weighted by Gasteiger charge is -2.15. The molecule has 1 aliphatic rings. The highest BCUT2D eigenvalue weighted by molar-refractivity contribution is 5.56. The summed E-state index contributed by atoms with van der Waals surface area (Å²) in [6.07, 6.45) is 3.56. The zero-order valence-electron chi connectivity index (χ0n) is 7.00. The van der Waals surface area contributed by atoms with Crippen LogP contribution < -0.4 is 16.0 Å². The standard InChI is InChI=1S/C9H10FN3/c10-8-5-7(11)1-2-9(8)13-4-3-12-6-13/h1-5,12H,6,11H2. The molecule has 4 heteroatoms. The minimum Gasteiger partial charge on any atom is -0.399 e. The van der Waals surface area contributed by atoms with Crippen molar-refractivity contribution >= 4 is 11.4 Å². The van der Waals surface area contributed by atoms with Crippen LogP contribution >= 0.6 is 0 Å². The van der Waals surface area contributed by atoms with Crippen molar-refractivity contribution in [3.63, 3.8) is 0 Å². The number of rotatable bonds is 1. The molecule has 3 nitrogen and oxygen atoms in total. The van der Waals surface area contributed by atoms with Crippen LogP contribution in [0.3, 0.4) is 0 Å². The van der Waals surface area contributed by atoms with Gasteiger partial charge in [-0.3, -0.25) is 0 Å². The van der Waals surface area contributed by atoms with Crippen molar-refractivity contribution < 1.29 is 4.39 Å². The van der Waals surface area contributed by atoms with E-state index in [1.54, 1.807) is 29.4 Å². The molecule has 1 heterocycles. The maximum atomic E-state index is 13.3. The number of halogens is 1. The Balaban J connectivity index is 2.34. The van der Waals surface area contributed by atoms with Gasteiger partial charge in [0.05, 0.1) is 12.4 Å². The van der Waals surface area contributed by atoms with Gasteiger partial charge >= 0.3 is 0 Å². The molecule has 0 spiro atoms. The number of hydrogen-bond donors (Lipinski definition) is 2. The van der Waals surface area contributed by atoms with Crippen molar-refractivity contribution in [1.82, 2.24) is 5.32 Å². The van der Waals surface area contributed by atoms with Crippen LogP contribution in [0.25, 0.3) is 0 Å². The van der Waals surface area contributed by atoms with Crippen molar-refractivity contribution in [1.29, 1.82) is 0 Å². The first kappa shape index (κ1) is 7.91. The number of benzene rings is 1. The number of nitrogens with two attached hydrogens (primary N) is 1. The fraction of sp³-hybridized carbons (Fsp3) is 0.111. The summed E-state index contributed by atoms with van der Waals surface area (Å²) in [5.74, 6) is -0.298. The molecular weight excluding hydrogens is 169 g/mol. The molecule has 0 amide bonds. The van der Waals surface area contributed by atoms with Crippen LogP contribution in [-0.4, -0.2) is 6.67 Å². The van der Waals surface area contributed by atoms with Crippen LogP contribution in [0.4, 0.5) is 15.8 Å². The Kier molecular flexibility index (Phi) is 1.81. The summed E-state index contributed by atoms with van der Waals surface area (Å²) in [6.45, 7) is 0.598. The Hall–Kier alpha value is -1.71. The van der Waals surface area contributed by atoms with Crippen LogP contribution in [0.15, 0.2) is 30.6 Å². The Morgan fingerprint density at radius 2 is 2.31 bits per heavy atom. The van der Waals surface area contributed by atoms with Gasteiger partial charge in [0, 0.05) is 18.1 Å². The molecule has 0 aromatic heterocycles. The van der Waals surface area contributed by atoms with Gasteiger partial charge in [0.1, 0.15) is 5.82 Å². The number of anilines is 2. The lowest BCUT2D eigenvalue weighted by atomic mass is 10.2. The monoisotopic (exact) mass is 179 g/mol. The Labute approximate surface area is 75.6 Å². The number of nitrogen functional groups attached to an aromatic ring is 1. The summed E-state index contributed by atoms with van der Waals surface area (Å²) < 4.78 is 13.3. The van der Waals surface area contributed by atoms with Crippen molar-refractivity contribution in [2.75, 3.05) is 17.3 Å². The van der Waals surface area contributed by atoms with Gasteiger partial charge in [-0.2, -0.15) is 0 Å². The van der Waals surface area contributed by atoms with Gasteiger partial charge in [0.2, 0.25) is 0 Å². The minimum atomic E-state index is -0.298. The SMILES string of the molecule is Nc1ccc(N2C=CNC2)c(F)c1. The van der Waals surface area contributed by atoms with E-state index in [1.807, 2.05) is 0 Å². The van der Waals surface area contributed by atoms with Crippen molar-refractivity contribution in [3.8, 4) is 0 Å². The van der Waals surface area contributed by atoms with E-state index < -0.39 is 0 Å². The summed E-state index contributed by atoms with van der Waals surface area (Å²) in [4.78, 5) is 1.77. The van der Waals surface area contributed by atoms with Gasteiger partial charge in [0.25, 0.3) is 0 Å². The molecule has 3 N–H and O–H groups in total. The third-order valence-electron chi connectivity index (χ3n) is 1.92. The average molecular weight is 179 g/mol. The summed E-state index contributed by atoms with van der Waals surface area (Å²) in [7, 11) is 0. The van der Waals surface area contributed by atoms with E-state index in [0.29, 0.717) is 18.0 Å². The molecule has 1 aromatic rings. The summed E-state index contributed by atoms with van der Waals surface area (Å²) in [6, 6.07) is 4.67. The molecule has 0 unspecified atom stereocenters. The second-order valence-electron chi connectivity index (χ2n) is 2.86. The highest BCUT2D eigenvalue weighted by Crippen LogP contribution is 2.22. The molecule has 0 radical (unpaired) electrons. The highest BCUT2D eigenvalue weighted by atomic mass is 19.1. The van der Waals surface area contributed by atoms with E-state index in [4.69, 9.17) is 5.73 Å². The maximum Gasteiger partial charge on any atom is 0.148 e. The third kappa shape index (κ3) is 1.42. The van der Waals surface area contributed by atoms with Gasteiger partial charge in [-0.15, -0.1) is 0 Å². The van der Waals surface area contributed by atoms with Crippen molar-refractivity contribution in [2.24, 2.45) is 0 Å². The zero-order chi connectivity index (χ0) is 9.26. The van der Waals surface area contributed by atoms with Gasteiger partial charge in [0.15, 0.2) is 0 Å². The Morgan fingerprint density at radius 1 is 1.46 bits per heavy atom. The third-order valence-corrected chi connectivity index (χ3v) is 1.92. The molecule has 0 bridgehead atoms. The van der Waals surface area contributed by atoms with Crippen LogP contribution in [0.1, 0.15) is 0 Å². The second kappa shape index (κ2) is 2.97. The Morgan fingerprint density at radius 3 is 2.92 bits per heavy atom. The first-order chi connectivity index (χ1) is 6.27. The summed E-state index contributed by atoms with van der Waals surface area (Å²) >= 11 is 0. The van der Waals surface area contributed by atoms with E-state index in [-0.39, 0.29) is 5.82 Å². The first-order valence-corrected chi connectivity index (χ1v) is 3.99. The molecule has 0 aliphatic carbocycles. The molecule has 68 valence electrons. The molecule has 0 fully saturated rings. The van der Waals surface area contributed by atoms with Crippen LogP contribution in [0.5, 0.6) is 0 Å². The van der Waals surface area contributed by atoms with Crippen LogP contribution in [-0.2, 0) is 0 Å². The fourth-order valence-corrected chi connectivity index (χ4v) is 1.27. The second-order valence-corrected chi connectivity index (χ2v) is 2.86. The topological polar surface area (TPSA) is 41.3 Å². The molecule has 1 aromatic carbocycles. The lowest BCUT2D eigenvalue weighted by molar-refractivity contribution is 0.625. The van der Waals surface area contributed by atoms with Gasteiger partial charge in [-0.25, -0.2) is 4.39 Å². The van der Waals surface area contributed by atoms with Crippen molar-refractivity contribution in [3.05, 3.63) is 36.4 Å². The lowest BCUT2D eigenvalue weighted by Crippen LogP contribution is -2.20. The molecular formula is C9H10FN3. The number of hydrogen-bond acceptors (Lipinski definition) is 3. The quantitative estimate of drug-likeness (QED) is 0.637. The predicted molar refractivity (Wildman–Crippen MR) is 50.4 cm³/mol. The molecule has 2 rings (SSSR count). The van der Waals surface area contributed by atoms with E-state index >= 15 is 0 Å². The van der Waals surface area contributed by atoms with E-state index in [0.717, 1.165) is 0 Å². The van der Waals surface area contributed by atoms with Gasteiger partial charge in [-0.1, -0.05) is 0 Å². The van der Waals surface area contributed by atoms with Gasteiger partial charge < -0.3 is 16.0 Å². The smallest absolute Gasteiger partial charge is 0.148 e. The first-order valence-electron chi connectivity index (χ1n) is 3.99. The number of nitrogens with zero attached hydrogens (tertiary/aromatic N) is 1. The largest absolute Gasteiger partial charge is 0.399 e. The Bertz CT molecular complexity index is 349. The number of nitrogens with one attached hydrogen (secondary N) is 1. The van der Waals surface area contributed by atoms with E-state index in [2.05, 4.69) is 5.32 Å². The highest BCUT2D eigenvalue weighted by Gasteiger charge is 2.10. The normalized spacial score (nSPS) is 14.7. The molecule has 13 heavy (non-hydrogen) atoms. The molecule has 0 saturated carbocycles. The average Bonchev–Trinajstić information content (AvgIpc) is 2.56. The van der Waals surface area contributed by atoms with Crippen molar-refractivity contribution in [2.45, 2.75) is 0 Å². The molecule has 0 atom stereocenters. The fourth-order valence-electron chi connectivity index (χ4n) is 1.27. The van der Waals surface area contributed by atoms with Crippen LogP contribution in [0.2, 0.25) is 0 Å². The minimum absolute atomic E-state index is 0.298. The molecule has 0 saturated heterocycles. The molecule has 1 aliphatic heterocycles. The van der Waals surface area contributed by atoms with Gasteiger partial charge in [-0.05, 0) is 18.2 Å². The predicted octanol–water partition coefficient (Wildman–Crippen LogP) is 1.25. The summed E-state index contributed by atoms with van der Waals surface area (Å²) in [5, 5.41) is 2.96. The summed E-state index contributed by atoms with van der Waals surface area (Å²) in [5.41, 5.74) is 6.41. The zero-order valence-corrected chi connectivity index (χ0v) is 7.00.